The normalized spacial score (nSPS) is 11.1. The molecule has 0 aliphatic rings. The van der Waals surface area contributed by atoms with Gasteiger partial charge in [0.2, 0.25) is 5.75 Å². The van der Waals surface area contributed by atoms with Crippen LogP contribution in [0.25, 0.3) is 10.9 Å². The third-order valence-corrected chi connectivity index (χ3v) is 6.10. The molecule has 0 atom stereocenters. The van der Waals surface area contributed by atoms with Gasteiger partial charge in [-0.25, -0.2) is 0 Å². The number of nitro benzene ring substituents is 1. The Kier molecular flexibility index (Phi) is 12.5. The lowest BCUT2D eigenvalue weighted by molar-refractivity contribution is -0.384. The summed E-state index contributed by atoms with van der Waals surface area (Å²) in [5.74, 6) is 0.659. The number of unbranched alkanes of at least 4 members (excludes halogenated alkanes) is 9. The molecule has 0 N–H and O–H groups in total. The fourth-order valence-corrected chi connectivity index (χ4v) is 4.07. The molecule has 190 valence electrons. The second-order valence-electron chi connectivity index (χ2n) is 8.95. The highest BCUT2D eigenvalue weighted by Crippen LogP contribution is 2.35. The first-order valence-electron chi connectivity index (χ1n) is 13.2. The Hall–Kier alpha value is -2.57. The molecule has 1 aromatic heterocycles. The minimum Gasteiger partial charge on any atom is -0.489 e. The smallest absolute Gasteiger partial charge is 0.297 e. The van der Waals surface area contributed by atoms with E-state index in [-0.39, 0.29) is 17.0 Å². The molecule has 7 heteroatoms. The zero-order chi connectivity index (χ0) is 24.8. The molecule has 0 saturated carbocycles. The summed E-state index contributed by atoms with van der Waals surface area (Å²) in [7, 11) is 0. The third kappa shape index (κ3) is 8.03. The van der Waals surface area contributed by atoms with E-state index in [9.17, 15) is 14.9 Å². The van der Waals surface area contributed by atoms with Crippen LogP contribution in [0.2, 0.25) is 0 Å². The van der Waals surface area contributed by atoms with E-state index in [1.807, 2.05) is 0 Å². The van der Waals surface area contributed by atoms with Gasteiger partial charge in [0.15, 0.2) is 5.75 Å². The molecule has 1 aromatic carbocycles. The lowest BCUT2D eigenvalue weighted by Gasteiger charge is -2.18. The molecule has 0 aliphatic carbocycles. The molecule has 0 saturated heterocycles. The Morgan fingerprint density at radius 1 is 0.794 bits per heavy atom. The molecule has 34 heavy (non-hydrogen) atoms. The van der Waals surface area contributed by atoms with Crippen LogP contribution in [-0.2, 0) is 6.54 Å². The highest BCUT2D eigenvalue weighted by Gasteiger charge is 2.21. The van der Waals surface area contributed by atoms with Gasteiger partial charge in [0.05, 0.1) is 23.7 Å². The minimum atomic E-state index is -0.428. The standard InChI is InChI=1S/C27H42N2O5/c1-4-7-10-12-13-15-20-34-26-25(33-19-14-11-8-5-2)23-17-16-22(29(31)32)21-24(23)28(27(26)30)18-9-6-3/h16-17,21H,4-15,18-20H2,1-3H3. The fourth-order valence-electron chi connectivity index (χ4n) is 4.07. The molecule has 0 fully saturated rings. The van der Waals surface area contributed by atoms with E-state index in [0.29, 0.717) is 36.4 Å². The monoisotopic (exact) mass is 474 g/mol. The number of rotatable bonds is 18. The van der Waals surface area contributed by atoms with Crippen LogP contribution in [0.15, 0.2) is 23.0 Å². The van der Waals surface area contributed by atoms with Gasteiger partial charge in [-0.05, 0) is 25.3 Å². The van der Waals surface area contributed by atoms with Crippen molar-refractivity contribution in [3.63, 3.8) is 0 Å². The van der Waals surface area contributed by atoms with Gasteiger partial charge in [-0.15, -0.1) is 0 Å². The van der Waals surface area contributed by atoms with E-state index in [1.165, 1.54) is 37.8 Å². The molecule has 0 amide bonds. The number of pyridine rings is 1. The van der Waals surface area contributed by atoms with Gasteiger partial charge in [-0.3, -0.25) is 14.9 Å². The third-order valence-electron chi connectivity index (χ3n) is 6.10. The summed E-state index contributed by atoms with van der Waals surface area (Å²) in [6.45, 7) is 7.84. The molecule has 7 nitrogen and oxygen atoms in total. The zero-order valence-electron chi connectivity index (χ0n) is 21.3. The lowest BCUT2D eigenvalue weighted by Crippen LogP contribution is -2.24. The SMILES string of the molecule is CCCCCCCCOc1c(OCCCCCC)c2ccc([N+](=O)[O-])cc2n(CCCC)c1=O. The summed E-state index contributed by atoms with van der Waals surface area (Å²) in [4.78, 5) is 24.5. The van der Waals surface area contributed by atoms with Crippen LogP contribution in [0.3, 0.4) is 0 Å². The second kappa shape index (κ2) is 15.4. The highest BCUT2D eigenvalue weighted by atomic mass is 16.6. The van der Waals surface area contributed by atoms with Crippen molar-refractivity contribution in [1.82, 2.24) is 4.57 Å². The lowest BCUT2D eigenvalue weighted by atomic mass is 10.1. The molecule has 2 rings (SSSR count). The molecule has 0 radical (unpaired) electrons. The zero-order valence-corrected chi connectivity index (χ0v) is 21.3. The Bertz CT molecular complexity index is 954. The second-order valence-corrected chi connectivity index (χ2v) is 8.95. The first-order chi connectivity index (χ1) is 16.5. The molecule has 0 unspecified atom stereocenters. The number of aromatic nitrogens is 1. The van der Waals surface area contributed by atoms with Crippen molar-refractivity contribution in [1.29, 1.82) is 0 Å². The van der Waals surface area contributed by atoms with Gasteiger partial charge < -0.3 is 14.0 Å². The van der Waals surface area contributed by atoms with Gasteiger partial charge >= 0.3 is 0 Å². The van der Waals surface area contributed by atoms with Crippen molar-refractivity contribution in [2.75, 3.05) is 13.2 Å². The maximum absolute atomic E-state index is 13.5. The highest BCUT2D eigenvalue weighted by molar-refractivity contribution is 5.89. The van der Waals surface area contributed by atoms with Gasteiger partial charge in [0, 0.05) is 24.1 Å². The number of benzene rings is 1. The molecule has 0 aliphatic heterocycles. The van der Waals surface area contributed by atoms with E-state index in [2.05, 4.69) is 20.8 Å². The van der Waals surface area contributed by atoms with Gasteiger partial charge in [0.1, 0.15) is 0 Å². The van der Waals surface area contributed by atoms with E-state index < -0.39 is 4.92 Å². The van der Waals surface area contributed by atoms with Crippen LogP contribution in [-0.4, -0.2) is 22.7 Å². The average Bonchev–Trinajstić information content (AvgIpc) is 2.83. The van der Waals surface area contributed by atoms with Gasteiger partial charge in [-0.2, -0.15) is 0 Å². The van der Waals surface area contributed by atoms with E-state index in [0.717, 1.165) is 51.4 Å². The van der Waals surface area contributed by atoms with Crippen LogP contribution in [0.1, 0.15) is 97.8 Å². The van der Waals surface area contributed by atoms with Gasteiger partial charge in [0.25, 0.3) is 11.2 Å². The molecule has 0 spiro atoms. The quantitative estimate of drug-likeness (QED) is 0.128. The first kappa shape index (κ1) is 27.7. The predicted octanol–water partition coefficient (Wildman–Crippen LogP) is 7.41. The maximum Gasteiger partial charge on any atom is 0.297 e. The largest absolute Gasteiger partial charge is 0.489 e. The Balaban J connectivity index is 2.39. The molecular formula is C27H42N2O5. The molecule has 0 bridgehead atoms. The number of hydrogen-bond acceptors (Lipinski definition) is 5. The number of hydrogen-bond donors (Lipinski definition) is 0. The van der Waals surface area contributed by atoms with Crippen LogP contribution >= 0.6 is 0 Å². The number of aryl methyl sites for hydroxylation is 1. The van der Waals surface area contributed by atoms with Crippen LogP contribution in [0.4, 0.5) is 5.69 Å². The van der Waals surface area contributed by atoms with Crippen molar-refractivity contribution in [3.05, 3.63) is 38.7 Å². The summed E-state index contributed by atoms with van der Waals surface area (Å²) in [6.07, 6.45) is 12.7. The van der Waals surface area contributed by atoms with Crippen molar-refractivity contribution in [2.45, 2.75) is 104 Å². The van der Waals surface area contributed by atoms with E-state index >= 15 is 0 Å². The van der Waals surface area contributed by atoms with E-state index in [1.54, 1.807) is 10.6 Å². The number of fused-ring (bicyclic) bond motifs is 1. The summed E-state index contributed by atoms with van der Waals surface area (Å²) in [5.41, 5.74) is 0.228. The Morgan fingerprint density at radius 2 is 1.35 bits per heavy atom. The Morgan fingerprint density at radius 3 is 1.97 bits per heavy atom. The summed E-state index contributed by atoms with van der Waals surface area (Å²) >= 11 is 0. The Labute approximate surface area is 203 Å². The topological polar surface area (TPSA) is 83.6 Å². The van der Waals surface area contributed by atoms with Crippen LogP contribution in [0, 0.1) is 10.1 Å². The number of non-ortho nitro benzene ring substituents is 1. The molecule has 2 aromatic rings. The number of nitro groups is 1. The van der Waals surface area contributed by atoms with Crippen LogP contribution < -0.4 is 15.0 Å². The van der Waals surface area contributed by atoms with Gasteiger partial charge in [-0.1, -0.05) is 78.6 Å². The average molecular weight is 475 g/mol. The number of nitrogens with zero attached hydrogens (tertiary/aromatic N) is 2. The minimum absolute atomic E-state index is 0.0354. The van der Waals surface area contributed by atoms with Crippen molar-refractivity contribution in [2.24, 2.45) is 0 Å². The summed E-state index contributed by atoms with van der Waals surface area (Å²) in [5, 5.41) is 12.1. The first-order valence-corrected chi connectivity index (χ1v) is 13.2. The fraction of sp³-hybridized carbons (Fsp3) is 0.667. The maximum atomic E-state index is 13.5. The van der Waals surface area contributed by atoms with E-state index in [4.69, 9.17) is 9.47 Å². The van der Waals surface area contributed by atoms with Crippen molar-refractivity contribution in [3.8, 4) is 11.5 Å². The predicted molar refractivity (Wildman–Crippen MR) is 138 cm³/mol. The number of ether oxygens (including phenoxy) is 2. The van der Waals surface area contributed by atoms with Crippen LogP contribution in [0.5, 0.6) is 11.5 Å². The van der Waals surface area contributed by atoms with Crippen molar-refractivity contribution >= 4 is 16.6 Å². The summed E-state index contributed by atoms with van der Waals surface area (Å²) < 4.78 is 13.8. The molecule has 1 heterocycles. The van der Waals surface area contributed by atoms with Crippen molar-refractivity contribution < 1.29 is 14.4 Å². The molecular weight excluding hydrogens is 432 g/mol. The summed E-state index contributed by atoms with van der Waals surface area (Å²) in [6, 6.07) is 4.64.